The molecular weight excluding hydrogens is 368 g/mol. The second kappa shape index (κ2) is 7.98. The highest BCUT2D eigenvalue weighted by Gasteiger charge is 2.34. The lowest BCUT2D eigenvalue weighted by Gasteiger charge is -2.35. The molecule has 27 heavy (non-hydrogen) atoms. The Kier molecular flexibility index (Phi) is 5.67. The van der Waals surface area contributed by atoms with E-state index in [1.165, 1.54) is 0 Å². The van der Waals surface area contributed by atoms with Crippen LogP contribution in [0.25, 0.3) is 0 Å². The summed E-state index contributed by atoms with van der Waals surface area (Å²) in [7, 11) is 0. The average molecular weight is 391 g/mol. The van der Waals surface area contributed by atoms with E-state index in [0.29, 0.717) is 16.5 Å². The van der Waals surface area contributed by atoms with Gasteiger partial charge in [0, 0.05) is 22.8 Å². The zero-order valence-corrected chi connectivity index (χ0v) is 16.2. The van der Waals surface area contributed by atoms with Gasteiger partial charge in [0.1, 0.15) is 5.82 Å². The molecule has 0 radical (unpaired) electrons. The highest BCUT2D eigenvalue weighted by Crippen LogP contribution is 2.21. The molecule has 2 heterocycles. The number of rotatable bonds is 4. The van der Waals surface area contributed by atoms with Gasteiger partial charge in [0.2, 0.25) is 5.91 Å². The fraction of sp³-hybridized carbons (Fsp3) is 0.389. The molecule has 0 saturated carbocycles. The molecule has 0 spiro atoms. The zero-order valence-electron chi connectivity index (χ0n) is 15.4. The van der Waals surface area contributed by atoms with Crippen LogP contribution in [0, 0.1) is 12.8 Å². The van der Waals surface area contributed by atoms with Crippen molar-refractivity contribution >= 4 is 35.0 Å². The predicted octanol–water partition coefficient (Wildman–Crippen LogP) is 3.08. The molecule has 3 rings (SSSR count). The maximum atomic E-state index is 12.3. The number of aryl methyl sites for hydroxylation is 1. The summed E-state index contributed by atoms with van der Waals surface area (Å²) in [6, 6.07) is 8.12. The molecule has 0 bridgehead atoms. The van der Waals surface area contributed by atoms with Gasteiger partial charge in [0.25, 0.3) is 0 Å². The summed E-state index contributed by atoms with van der Waals surface area (Å²) in [4.78, 5) is 24.7. The maximum Gasteiger partial charge on any atom is 0.324 e. The normalized spacial score (nSPS) is 22.2. The van der Waals surface area contributed by atoms with Crippen molar-refractivity contribution in [2.75, 3.05) is 10.6 Å². The SMILES string of the molecule is CCC1C(=O)NC(n2nc(C)cc2NC(=O)Nc2ccc(Cl)cc2)NC1C. The Morgan fingerprint density at radius 2 is 2.00 bits per heavy atom. The Balaban J connectivity index is 1.73. The largest absolute Gasteiger partial charge is 0.324 e. The topological polar surface area (TPSA) is 100 Å². The fourth-order valence-electron chi connectivity index (χ4n) is 3.17. The van der Waals surface area contributed by atoms with Gasteiger partial charge in [-0.05, 0) is 44.5 Å². The number of hydrogen-bond donors (Lipinski definition) is 4. The molecule has 1 aliphatic rings. The van der Waals surface area contributed by atoms with E-state index in [4.69, 9.17) is 11.6 Å². The number of aromatic nitrogens is 2. The van der Waals surface area contributed by atoms with Gasteiger partial charge in [0.05, 0.1) is 11.6 Å². The third-order valence-electron chi connectivity index (χ3n) is 4.53. The van der Waals surface area contributed by atoms with Crippen molar-refractivity contribution in [1.82, 2.24) is 20.4 Å². The molecule has 8 nitrogen and oxygen atoms in total. The minimum absolute atomic E-state index is 0.00556. The van der Waals surface area contributed by atoms with E-state index < -0.39 is 12.3 Å². The third-order valence-corrected chi connectivity index (χ3v) is 4.78. The van der Waals surface area contributed by atoms with E-state index >= 15 is 0 Å². The molecule has 9 heteroatoms. The molecule has 1 aromatic carbocycles. The standard InChI is InChI=1S/C18H23ClN6O2/c1-4-14-11(3)20-17(23-16(14)26)25-15(9-10(2)24-25)22-18(27)21-13-7-5-12(19)6-8-13/h5-9,11,14,17,20H,4H2,1-3H3,(H,23,26)(H2,21,22,27). The second-order valence-electron chi connectivity index (χ2n) is 6.58. The van der Waals surface area contributed by atoms with Crippen LogP contribution in [-0.2, 0) is 4.79 Å². The van der Waals surface area contributed by atoms with Crippen LogP contribution >= 0.6 is 11.6 Å². The van der Waals surface area contributed by atoms with E-state index in [9.17, 15) is 9.59 Å². The molecule has 3 amide bonds. The summed E-state index contributed by atoms with van der Waals surface area (Å²) in [6.07, 6.45) is 0.217. The fourth-order valence-corrected chi connectivity index (χ4v) is 3.29. The number of halogens is 1. The lowest BCUT2D eigenvalue weighted by Crippen LogP contribution is -2.57. The van der Waals surface area contributed by atoms with Crippen LogP contribution in [0.2, 0.25) is 5.02 Å². The highest BCUT2D eigenvalue weighted by molar-refractivity contribution is 6.30. The number of urea groups is 1. The summed E-state index contributed by atoms with van der Waals surface area (Å²) in [5, 5.41) is 16.7. The van der Waals surface area contributed by atoms with Crippen molar-refractivity contribution in [3.63, 3.8) is 0 Å². The van der Waals surface area contributed by atoms with Crippen LogP contribution in [0.4, 0.5) is 16.3 Å². The van der Waals surface area contributed by atoms with Gasteiger partial charge in [-0.3, -0.25) is 15.4 Å². The molecular formula is C18H23ClN6O2. The number of carbonyl (C=O) groups excluding carboxylic acids is 2. The van der Waals surface area contributed by atoms with Crippen molar-refractivity contribution in [3.8, 4) is 0 Å². The molecule has 4 N–H and O–H groups in total. The monoisotopic (exact) mass is 390 g/mol. The van der Waals surface area contributed by atoms with Crippen LogP contribution in [-0.4, -0.2) is 27.8 Å². The number of carbonyl (C=O) groups is 2. The zero-order chi connectivity index (χ0) is 19.6. The third kappa shape index (κ3) is 4.40. The Morgan fingerprint density at radius 1 is 1.30 bits per heavy atom. The Bertz CT molecular complexity index is 835. The summed E-state index contributed by atoms with van der Waals surface area (Å²) in [6.45, 7) is 5.77. The van der Waals surface area contributed by atoms with E-state index in [1.54, 1.807) is 35.0 Å². The lowest BCUT2D eigenvalue weighted by molar-refractivity contribution is -0.130. The van der Waals surface area contributed by atoms with Crippen LogP contribution in [0.15, 0.2) is 30.3 Å². The van der Waals surface area contributed by atoms with E-state index in [2.05, 4.69) is 26.4 Å². The van der Waals surface area contributed by atoms with E-state index in [1.807, 2.05) is 20.8 Å². The highest BCUT2D eigenvalue weighted by atomic mass is 35.5. The van der Waals surface area contributed by atoms with Gasteiger partial charge < -0.3 is 10.6 Å². The second-order valence-corrected chi connectivity index (χ2v) is 7.02. The van der Waals surface area contributed by atoms with Crippen LogP contribution in [0.3, 0.4) is 0 Å². The summed E-state index contributed by atoms with van der Waals surface area (Å²) in [5.74, 6) is 0.347. The molecule has 0 aliphatic carbocycles. The quantitative estimate of drug-likeness (QED) is 0.644. The minimum atomic E-state index is -0.533. The first-order valence-corrected chi connectivity index (χ1v) is 9.21. The number of nitrogens with zero attached hydrogens (tertiary/aromatic N) is 2. The number of anilines is 2. The molecule has 144 valence electrons. The molecule has 1 aromatic heterocycles. The van der Waals surface area contributed by atoms with Gasteiger partial charge in [-0.1, -0.05) is 18.5 Å². The van der Waals surface area contributed by atoms with Crippen molar-refractivity contribution in [3.05, 3.63) is 41.0 Å². The number of amides is 3. The molecule has 1 fully saturated rings. The maximum absolute atomic E-state index is 12.3. The minimum Gasteiger partial charge on any atom is -0.322 e. The van der Waals surface area contributed by atoms with Gasteiger partial charge in [-0.15, -0.1) is 0 Å². The van der Waals surface area contributed by atoms with E-state index in [0.717, 1.165) is 12.1 Å². The lowest BCUT2D eigenvalue weighted by atomic mass is 9.95. The molecule has 3 unspecified atom stereocenters. The molecule has 1 aliphatic heterocycles. The van der Waals surface area contributed by atoms with Crippen LogP contribution < -0.4 is 21.3 Å². The first-order valence-electron chi connectivity index (χ1n) is 8.83. The number of hydrogen-bond acceptors (Lipinski definition) is 4. The van der Waals surface area contributed by atoms with Crippen LogP contribution in [0.1, 0.15) is 32.3 Å². The molecule has 3 atom stereocenters. The Hall–Kier alpha value is -2.58. The van der Waals surface area contributed by atoms with Crippen molar-refractivity contribution < 1.29 is 9.59 Å². The van der Waals surface area contributed by atoms with Gasteiger partial charge in [-0.25, -0.2) is 9.48 Å². The first kappa shape index (κ1) is 19.2. The van der Waals surface area contributed by atoms with Crippen molar-refractivity contribution in [1.29, 1.82) is 0 Å². The predicted molar refractivity (Wildman–Crippen MR) is 105 cm³/mol. The van der Waals surface area contributed by atoms with Gasteiger partial charge in [0.15, 0.2) is 6.29 Å². The van der Waals surface area contributed by atoms with Gasteiger partial charge in [-0.2, -0.15) is 5.10 Å². The average Bonchev–Trinajstić information content (AvgIpc) is 2.97. The van der Waals surface area contributed by atoms with Gasteiger partial charge >= 0.3 is 6.03 Å². The van der Waals surface area contributed by atoms with Crippen LogP contribution in [0.5, 0.6) is 0 Å². The molecule has 1 saturated heterocycles. The first-order chi connectivity index (χ1) is 12.9. The van der Waals surface area contributed by atoms with E-state index in [-0.39, 0.29) is 17.9 Å². The summed E-state index contributed by atoms with van der Waals surface area (Å²) < 4.78 is 1.57. The van der Waals surface area contributed by atoms with Crippen molar-refractivity contribution in [2.45, 2.75) is 39.5 Å². The smallest absolute Gasteiger partial charge is 0.322 e. The van der Waals surface area contributed by atoms with Crippen molar-refractivity contribution in [2.24, 2.45) is 5.92 Å². The number of nitrogens with one attached hydrogen (secondary N) is 4. The summed E-state index contributed by atoms with van der Waals surface area (Å²) in [5.41, 5.74) is 1.33. The Morgan fingerprint density at radius 3 is 2.63 bits per heavy atom. The summed E-state index contributed by atoms with van der Waals surface area (Å²) >= 11 is 5.85. The Labute approximate surface area is 162 Å². The molecule has 2 aromatic rings. The number of benzene rings is 1.